The normalized spacial score (nSPS) is 16.8. The quantitative estimate of drug-likeness (QED) is 0.174. The highest BCUT2D eigenvalue weighted by atomic mass is 19.1. The summed E-state index contributed by atoms with van der Waals surface area (Å²) in [5, 5.41) is 4.53. The molecule has 2 aliphatic rings. The van der Waals surface area contributed by atoms with Gasteiger partial charge >= 0.3 is 0 Å². The summed E-state index contributed by atoms with van der Waals surface area (Å²) in [5.74, 6) is 0.846. The van der Waals surface area contributed by atoms with Crippen LogP contribution in [0.1, 0.15) is 105 Å². The molecule has 1 N–H and O–H groups in total. The number of nitrogens with one attached hydrogen (secondary N) is 1. The molecular formula is C39H42FN5O2. The highest BCUT2D eigenvalue weighted by molar-refractivity contribution is 6.01. The van der Waals surface area contributed by atoms with Gasteiger partial charge in [-0.2, -0.15) is 0 Å². The molecule has 242 valence electrons. The van der Waals surface area contributed by atoms with E-state index < -0.39 is 5.54 Å². The van der Waals surface area contributed by atoms with Gasteiger partial charge in [-0.1, -0.05) is 38.3 Å². The lowest BCUT2D eigenvalue weighted by Gasteiger charge is -2.41. The number of hydrogen-bond acceptors (Lipinski definition) is 4. The highest BCUT2D eigenvalue weighted by Gasteiger charge is 2.44. The number of pyridine rings is 1. The number of carbonyl (C=O) groups excluding carboxylic acids is 2. The minimum atomic E-state index is -0.561. The average Bonchev–Trinajstić information content (AvgIpc) is 3.55. The van der Waals surface area contributed by atoms with Gasteiger partial charge in [-0.25, -0.2) is 9.37 Å². The zero-order valence-corrected chi connectivity index (χ0v) is 27.7. The number of hydrogen-bond donors (Lipinski definition) is 1. The van der Waals surface area contributed by atoms with Crippen molar-refractivity contribution in [2.24, 2.45) is 14.1 Å². The Morgan fingerprint density at radius 1 is 0.979 bits per heavy atom. The molecule has 0 unspecified atom stereocenters. The molecule has 2 fully saturated rings. The van der Waals surface area contributed by atoms with Crippen molar-refractivity contribution < 1.29 is 14.0 Å². The SMILES string of the molecule is CC/C(=C\c1ccc2nc(C3(NC(=O)c4ccc5c(C6CCCCC6)c(-c6ccc(F)cn6)n(C)c5c4)CCC3)n(C)c2c1)C(C)=O. The first-order valence-corrected chi connectivity index (χ1v) is 16.9. The summed E-state index contributed by atoms with van der Waals surface area (Å²) in [5.41, 5.74) is 7.60. The lowest BCUT2D eigenvalue weighted by atomic mass is 9.75. The van der Waals surface area contributed by atoms with Crippen molar-refractivity contribution in [3.8, 4) is 11.4 Å². The number of Topliss-reactive ketones (excluding diaryl/α,β-unsaturated/α-hetero) is 1. The van der Waals surface area contributed by atoms with E-state index in [0.717, 1.165) is 82.4 Å². The second-order valence-electron chi connectivity index (χ2n) is 13.5. The molecule has 0 atom stereocenters. The van der Waals surface area contributed by atoms with Crippen molar-refractivity contribution in [2.75, 3.05) is 0 Å². The van der Waals surface area contributed by atoms with E-state index >= 15 is 0 Å². The van der Waals surface area contributed by atoms with E-state index in [4.69, 9.17) is 4.98 Å². The van der Waals surface area contributed by atoms with Gasteiger partial charge in [0.05, 0.1) is 34.2 Å². The number of aromatic nitrogens is 4. The highest BCUT2D eigenvalue weighted by Crippen LogP contribution is 2.44. The van der Waals surface area contributed by atoms with Gasteiger partial charge in [-0.3, -0.25) is 14.6 Å². The second-order valence-corrected chi connectivity index (χ2v) is 13.5. The lowest BCUT2D eigenvalue weighted by molar-refractivity contribution is -0.113. The van der Waals surface area contributed by atoms with Gasteiger partial charge in [0.15, 0.2) is 5.78 Å². The molecule has 0 radical (unpaired) electrons. The largest absolute Gasteiger partial charge is 0.342 e. The molecule has 5 aromatic rings. The minimum absolute atomic E-state index is 0.0801. The van der Waals surface area contributed by atoms with Crippen LogP contribution in [0.25, 0.3) is 39.4 Å². The van der Waals surface area contributed by atoms with Gasteiger partial charge in [0.1, 0.15) is 11.6 Å². The fourth-order valence-electron chi connectivity index (χ4n) is 7.84. The van der Waals surface area contributed by atoms with Crippen LogP contribution in [0.15, 0.2) is 60.3 Å². The van der Waals surface area contributed by atoms with E-state index in [2.05, 4.69) is 31.6 Å². The Balaban J connectivity index is 1.24. The topological polar surface area (TPSA) is 81.8 Å². The number of nitrogens with zero attached hydrogens (tertiary/aromatic N) is 4. The maximum atomic E-state index is 14.0. The first-order chi connectivity index (χ1) is 22.7. The number of imidazole rings is 1. The third-order valence-corrected chi connectivity index (χ3v) is 10.6. The summed E-state index contributed by atoms with van der Waals surface area (Å²) in [6, 6.07) is 15.3. The zero-order chi connectivity index (χ0) is 32.9. The monoisotopic (exact) mass is 631 g/mol. The first kappa shape index (κ1) is 31.0. The van der Waals surface area contributed by atoms with Gasteiger partial charge < -0.3 is 14.5 Å². The Morgan fingerprint density at radius 2 is 1.77 bits per heavy atom. The van der Waals surface area contributed by atoms with Crippen LogP contribution in [-0.2, 0) is 24.4 Å². The van der Waals surface area contributed by atoms with E-state index in [0.29, 0.717) is 17.9 Å². The van der Waals surface area contributed by atoms with Crippen molar-refractivity contribution in [2.45, 2.75) is 83.1 Å². The van der Waals surface area contributed by atoms with Crippen LogP contribution in [0.2, 0.25) is 0 Å². The Morgan fingerprint density at radius 3 is 2.43 bits per heavy atom. The molecule has 2 aliphatic carbocycles. The smallest absolute Gasteiger partial charge is 0.252 e. The van der Waals surface area contributed by atoms with Gasteiger partial charge in [-0.05, 0) is 111 Å². The molecule has 0 spiro atoms. The predicted octanol–water partition coefficient (Wildman–Crippen LogP) is 8.51. The van der Waals surface area contributed by atoms with E-state index in [-0.39, 0.29) is 17.5 Å². The van der Waals surface area contributed by atoms with E-state index in [1.165, 1.54) is 37.1 Å². The first-order valence-electron chi connectivity index (χ1n) is 16.9. The molecule has 1 amide bonds. The number of fused-ring (bicyclic) bond motifs is 2. The summed E-state index contributed by atoms with van der Waals surface area (Å²) >= 11 is 0. The fraction of sp³-hybridized carbons (Fsp3) is 0.385. The van der Waals surface area contributed by atoms with Crippen LogP contribution < -0.4 is 5.32 Å². The lowest BCUT2D eigenvalue weighted by Crippen LogP contribution is -2.52. The Kier molecular flexibility index (Phi) is 8.06. The molecule has 0 aliphatic heterocycles. The molecule has 47 heavy (non-hydrogen) atoms. The zero-order valence-electron chi connectivity index (χ0n) is 27.7. The van der Waals surface area contributed by atoms with E-state index in [1.807, 2.05) is 51.4 Å². The molecule has 2 aromatic carbocycles. The Bertz CT molecular complexity index is 2040. The van der Waals surface area contributed by atoms with Crippen molar-refractivity contribution in [1.82, 2.24) is 24.4 Å². The van der Waals surface area contributed by atoms with Crippen LogP contribution in [0, 0.1) is 5.82 Å². The number of ketones is 1. The summed E-state index contributed by atoms with van der Waals surface area (Å²) in [4.78, 5) is 35.6. The van der Waals surface area contributed by atoms with Crippen molar-refractivity contribution in [3.63, 3.8) is 0 Å². The molecular weight excluding hydrogens is 589 g/mol. The maximum absolute atomic E-state index is 14.0. The molecule has 7 rings (SSSR count). The molecule has 0 saturated heterocycles. The number of halogens is 1. The van der Waals surface area contributed by atoms with Crippen molar-refractivity contribution >= 4 is 39.7 Å². The van der Waals surface area contributed by atoms with Gasteiger partial charge in [-0.15, -0.1) is 0 Å². The van der Waals surface area contributed by atoms with Crippen molar-refractivity contribution in [1.29, 1.82) is 0 Å². The van der Waals surface area contributed by atoms with Crippen LogP contribution in [-0.4, -0.2) is 30.8 Å². The number of rotatable bonds is 8. The predicted molar refractivity (Wildman–Crippen MR) is 185 cm³/mol. The average molecular weight is 632 g/mol. The molecule has 2 saturated carbocycles. The fourth-order valence-corrected chi connectivity index (χ4v) is 7.84. The van der Waals surface area contributed by atoms with E-state index in [1.54, 1.807) is 13.0 Å². The number of benzene rings is 2. The van der Waals surface area contributed by atoms with Crippen LogP contribution in [0.3, 0.4) is 0 Å². The Hall–Kier alpha value is -4.59. The summed E-state index contributed by atoms with van der Waals surface area (Å²) < 4.78 is 18.1. The number of aryl methyl sites for hydroxylation is 2. The molecule has 7 nitrogen and oxygen atoms in total. The van der Waals surface area contributed by atoms with Crippen LogP contribution in [0.5, 0.6) is 0 Å². The molecule has 0 bridgehead atoms. The third-order valence-electron chi connectivity index (χ3n) is 10.6. The van der Waals surface area contributed by atoms with E-state index in [9.17, 15) is 14.0 Å². The standard InChI is InChI=1S/C39H42FN5O2/c1-5-26(24(2)46)20-25-12-16-31-34(21-25)45(4)38(42-31)39(18-9-19-39)43-37(47)28-13-15-30-33(22-28)44(3)36(32-17-14-29(40)23-41-32)35(30)27-10-7-6-8-11-27/h12-17,20-23,27H,5-11,18-19H2,1-4H3,(H,43,47)/b26-20+. The van der Waals surface area contributed by atoms with Gasteiger partial charge in [0, 0.05) is 30.6 Å². The maximum Gasteiger partial charge on any atom is 0.252 e. The minimum Gasteiger partial charge on any atom is -0.342 e. The summed E-state index contributed by atoms with van der Waals surface area (Å²) in [7, 11) is 4.02. The second kappa shape index (κ2) is 12.2. The van der Waals surface area contributed by atoms with Gasteiger partial charge in [0.2, 0.25) is 0 Å². The number of carbonyl (C=O) groups is 2. The number of amides is 1. The summed E-state index contributed by atoms with van der Waals surface area (Å²) in [6.07, 6.45) is 12.4. The Labute approximate surface area is 274 Å². The van der Waals surface area contributed by atoms with Crippen LogP contribution >= 0.6 is 0 Å². The molecule has 8 heteroatoms. The number of allylic oxidation sites excluding steroid dienone is 1. The summed E-state index contributed by atoms with van der Waals surface area (Å²) in [6.45, 7) is 3.59. The molecule has 3 aromatic heterocycles. The van der Waals surface area contributed by atoms with Gasteiger partial charge in [0.25, 0.3) is 5.91 Å². The molecule has 3 heterocycles. The van der Waals surface area contributed by atoms with Crippen molar-refractivity contribution in [3.05, 3.63) is 88.6 Å². The van der Waals surface area contributed by atoms with Crippen LogP contribution in [0.4, 0.5) is 4.39 Å². The third kappa shape index (κ3) is 5.47.